The number of anilines is 2. The quantitative estimate of drug-likeness (QED) is 0.467. The average molecular weight is 351 g/mol. The molecule has 0 aromatic heterocycles. The number of hydrazone groups is 1. The number of nitriles is 1. The van der Waals surface area contributed by atoms with Crippen molar-refractivity contribution in [2.45, 2.75) is 20.3 Å². The van der Waals surface area contributed by atoms with Crippen LogP contribution in [0.4, 0.5) is 17.1 Å². The Morgan fingerprint density at radius 1 is 1.27 bits per heavy atom. The Hall–Kier alpha value is -3.73. The maximum Gasteiger partial charge on any atom is 0.295 e. The number of carbonyl (C=O) groups excluding carboxylic acids is 1. The van der Waals surface area contributed by atoms with Crippen LogP contribution < -0.4 is 10.7 Å². The van der Waals surface area contributed by atoms with Crippen molar-refractivity contribution in [1.29, 1.82) is 5.26 Å². The maximum absolute atomic E-state index is 11.4. The lowest BCUT2D eigenvalue weighted by molar-refractivity contribution is -0.384. The van der Waals surface area contributed by atoms with E-state index in [-0.39, 0.29) is 22.8 Å². The van der Waals surface area contributed by atoms with E-state index in [4.69, 9.17) is 5.26 Å². The minimum Gasteiger partial charge on any atom is -0.326 e. The molecule has 0 atom stereocenters. The summed E-state index contributed by atoms with van der Waals surface area (Å²) in [6, 6.07) is 13.1. The predicted molar refractivity (Wildman–Crippen MR) is 99.0 cm³/mol. The molecule has 0 aliphatic carbocycles. The van der Waals surface area contributed by atoms with Crippen LogP contribution in [0.25, 0.3) is 0 Å². The summed E-state index contributed by atoms with van der Waals surface area (Å²) in [5.41, 5.74) is 4.93. The Morgan fingerprint density at radius 2 is 1.96 bits per heavy atom. The first kappa shape index (κ1) is 18.6. The van der Waals surface area contributed by atoms with Crippen LogP contribution in [0.5, 0.6) is 0 Å². The molecule has 0 radical (unpaired) electrons. The van der Waals surface area contributed by atoms with Crippen molar-refractivity contribution in [3.05, 3.63) is 63.7 Å². The number of nitro benzene ring substituents is 1. The molecule has 2 N–H and O–H groups in total. The summed E-state index contributed by atoms with van der Waals surface area (Å²) in [4.78, 5) is 21.9. The van der Waals surface area contributed by atoms with Gasteiger partial charge in [0, 0.05) is 18.2 Å². The van der Waals surface area contributed by atoms with Crippen molar-refractivity contribution < 1.29 is 9.72 Å². The van der Waals surface area contributed by atoms with Gasteiger partial charge in [0.25, 0.3) is 5.69 Å². The lowest BCUT2D eigenvalue weighted by atomic mass is 10.1. The summed E-state index contributed by atoms with van der Waals surface area (Å²) in [6.45, 7) is 3.52. The molecule has 0 aliphatic rings. The molecule has 2 aromatic carbocycles. The monoisotopic (exact) mass is 351 g/mol. The first-order valence-electron chi connectivity index (χ1n) is 7.83. The van der Waals surface area contributed by atoms with E-state index in [0.717, 1.165) is 5.56 Å². The zero-order chi connectivity index (χ0) is 19.1. The zero-order valence-corrected chi connectivity index (χ0v) is 14.3. The van der Waals surface area contributed by atoms with Gasteiger partial charge in [0.05, 0.1) is 22.3 Å². The summed E-state index contributed by atoms with van der Waals surface area (Å²) in [7, 11) is 0. The van der Waals surface area contributed by atoms with E-state index in [2.05, 4.69) is 15.8 Å². The van der Waals surface area contributed by atoms with Gasteiger partial charge in [-0.1, -0.05) is 19.1 Å². The summed E-state index contributed by atoms with van der Waals surface area (Å²) in [6.07, 6.45) is 0.398. The number of carbonyl (C=O) groups is 1. The molecule has 8 nitrogen and oxygen atoms in total. The predicted octanol–water partition coefficient (Wildman–Crippen LogP) is 3.65. The molecule has 0 spiro atoms. The third kappa shape index (κ3) is 4.64. The van der Waals surface area contributed by atoms with Crippen LogP contribution in [0.3, 0.4) is 0 Å². The zero-order valence-electron chi connectivity index (χ0n) is 14.3. The number of amides is 1. The SMILES string of the molecule is CCC(=O)Nc1ccc(C(C)=NNc2ccc(C#N)cc2[N+](=O)[O-])cc1. The molecular weight excluding hydrogens is 334 g/mol. The lowest BCUT2D eigenvalue weighted by Crippen LogP contribution is -2.09. The largest absolute Gasteiger partial charge is 0.326 e. The van der Waals surface area contributed by atoms with Crippen molar-refractivity contribution in [1.82, 2.24) is 0 Å². The molecule has 0 bridgehead atoms. The highest BCUT2D eigenvalue weighted by atomic mass is 16.6. The maximum atomic E-state index is 11.4. The highest BCUT2D eigenvalue weighted by Crippen LogP contribution is 2.25. The van der Waals surface area contributed by atoms with E-state index in [0.29, 0.717) is 17.8 Å². The molecule has 2 aromatic rings. The van der Waals surface area contributed by atoms with Gasteiger partial charge in [-0.15, -0.1) is 0 Å². The number of nitrogens with one attached hydrogen (secondary N) is 2. The van der Waals surface area contributed by atoms with Crippen molar-refractivity contribution in [3.63, 3.8) is 0 Å². The lowest BCUT2D eigenvalue weighted by Gasteiger charge is -2.07. The van der Waals surface area contributed by atoms with Gasteiger partial charge >= 0.3 is 0 Å². The summed E-state index contributed by atoms with van der Waals surface area (Å²) >= 11 is 0. The first-order chi connectivity index (χ1) is 12.4. The van der Waals surface area contributed by atoms with Crippen LogP contribution >= 0.6 is 0 Å². The Kier molecular flexibility index (Phi) is 6.01. The van der Waals surface area contributed by atoms with E-state index >= 15 is 0 Å². The molecular formula is C18H17N5O3. The van der Waals surface area contributed by atoms with E-state index in [1.165, 1.54) is 18.2 Å². The molecule has 0 aliphatic heterocycles. The van der Waals surface area contributed by atoms with Crippen LogP contribution in [0.1, 0.15) is 31.4 Å². The molecule has 26 heavy (non-hydrogen) atoms. The van der Waals surface area contributed by atoms with Gasteiger partial charge in [-0.2, -0.15) is 10.4 Å². The average Bonchev–Trinajstić information content (AvgIpc) is 2.66. The number of hydrogen-bond donors (Lipinski definition) is 2. The smallest absolute Gasteiger partial charge is 0.295 e. The van der Waals surface area contributed by atoms with Gasteiger partial charge in [-0.05, 0) is 36.8 Å². The third-order valence-electron chi connectivity index (χ3n) is 3.58. The van der Waals surface area contributed by atoms with Crippen molar-refractivity contribution in [2.24, 2.45) is 5.10 Å². The van der Waals surface area contributed by atoms with Crippen molar-refractivity contribution >= 4 is 28.7 Å². The molecule has 2 rings (SSSR count). The Balaban J connectivity index is 2.17. The molecule has 0 unspecified atom stereocenters. The fraction of sp³-hybridized carbons (Fsp3) is 0.167. The second kappa shape index (κ2) is 8.39. The van der Waals surface area contributed by atoms with E-state index < -0.39 is 4.92 Å². The Bertz CT molecular complexity index is 898. The number of benzene rings is 2. The second-order valence-electron chi connectivity index (χ2n) is 5.39. The Labute approximate surface area is 150 Å². The molecule has 0 saturated heterocycles. The summed E-state index contributed by atoms with van der Waals surface area (Å²) < 4.78 is 0. The van der Waals surface area contributed by atoms with Crippen LogP contribution in [-0.4, -0.2) is 16.5 Å². The van der Waals surface area contributed by atoms with E-state index in [1.54, 1.807) is 38.1 Å². The first-order valence-corrected chi connectivity index (χ1v) is 7.83. The normalized spacial score (nSPS) is 10.7. The van der Waals surface area contributed by atoms with E-state index in [1.807, 2.05) is 6.07 Å². The molecule has 0 fully saturated rings. The van der Waals surface area contributed by atoms with Crippen LogP contribution in [0.15, 0.2) is 47.6 Å². The van der Waals surface area contributed by atoms with Gasteiger partial charge in [0.1, 0.15) is 5.69 Å². The van der Waals surface area contributed by atoms with Crippen LogP contribution in [0, 0.1) is 21.4 Å². The van der Waals surface area contributed by atoms with E-state index in [9.17, 15) is 14.9 Å². The van der Waals surface area contributed by atoms with Gasteiger partial charge in [-0.3, -0.25) is 20.3 Å². The van der Waals surface area contributed by atoms with Gasteiger partial charge in [0.2, 0.25) is 5.91 Å². The standard InChI is InChI=1S/C18H17N5O3/c1-3-18(24)20-15-7-5-14(6-8-15)12(2)21-22-16-9-4-13(11-19)10-17(16)23(25)26/h4-10,22H,3H2,1-2H3,(H,20,24). The number of hydrogen-bond acceptors (Lipinski definition) is 6. The fourth-order valence-electron chi connectivity index (χ4n) is 2.10. The highest BCUT2D eigenvalue weighted by molar-refractivity contribution is 6.00. The number of rotatable bonds is 6. The third-order valence-corrected chi connectivity index (χ3v) is 3.58. The number of nitro groups is 1. The van der Waals surface area contributed by atoms with Gasteiger partial charge < -0.3 is 5.32 Å². The van der Waals surface area contributed by atoms with Crippen LogP contribution in [-0.2, 0) is 4.79 Å². The molecule has 1 amide bonds. The van der Waals surface area contributed by atoms with Gasteiger partial charge in [-0.25, -0.2) is 0 Å². The van der Waals surface area contributed by atoms with Crippen LogP contribution in [0.2, 0.25) is 0 Å². The van der Waals surface area contributed by atoms with Crippen molar-refractivity contribution in [3.8, 4) is 6.07 Å². The summed E-state index contributed by atoms with van der Waals surface area (Å²) in [5, 5.41) is 26.9. The Morgan fingerprint density at radius 3 is 2.54 bits per heavy atom. The summed E-state index contributed by atoms with van der Waals surface area (Å²) in [5.74, 6) is -0.0714. The molecule has 0 saturated carbocycles. The molecule has 132 valence electrons. The minimum absolute atomic E-state index is 0.0714. The van der Waals surface area contributed by atoms with Gasteiger partial charge in [0.15, 0.2) is 0 Å². The number of nitrogens with zero attached hydrogens (tertiary/aromatic N) is 3. The second-order valence-corrected chi connectivity index (χ2v) is 5.39. The minimum atomic E-state index is -0.570. The fourth-order valence-corrected chi connectivity index (χ4v) is 2.10. The molecule has 8 heteroatoms. The highest BCUT2D eigenvalue weighted by Gasteiger charge is 2.14. The topological polar surface area (TPSA) is 120 Å². The van der Waals surface area contributed by atoms with Crippen molar-refractivity contribution in [2.75, 3.05) is 10.7 Å². The molecule has 0 heterocycles.